The van der Waals surface area contributed by atoms with Crippen molar-refractivity contribution in [1.82, 2.24) is 20.9 Å². The minimum Gasteiger partial charge on any atom is -0.350 e. The van der Waals surface area contributed by atoms with Gasteiger partial charge in [0.1, 0.15) is 0 Å². The van der Waals surface area contributed by atoms with Gasteiger partial charge >= 0.3 is 0 Å². The first-order valence-corrected chi connectivity index (χ1v) is 14.5. The molecular weight excluding hydrogens is 508 g/mol. The van der Waals surface area contributed by atoms with Gasteiger partial charge in [-0.1, -0.05) is 74.8 Å². The van der Waals surface area contributed by atoms with Gasteiger partial charge in [0.05, 0.1) is 6.04 Å². The van der Waals surface area contributed by atoms with Crippen LogP contribution in [0.2, 0.25) is 5.02 Å². The van der Waals surface area contributed by atoms with Crippen molar-refractivity contribution in [2.24, 2.45) is 0 Å². The van der Waals surface area contributed by atoms with Crippen molar-refractivity contribution in [3.8, 4) is 0 Å². The Morgan fingerprint density at radius 3 is 2.56 bits per heavy atom. The second kappa shape index (κ2) is 13.9. The summed E-state index contributed by atoms with van der Waals surface area (Å²) in [6.45, 7) is 8.99. The van der Waals surface area contributed by atoms with E-state index in [1.54, 1.807) is 0 Å². The van der Waals surface area contributed by atoms with Gasteiger partial charge in [0, 0.05) is 48.2 Å². The molecule has 1 aliphatic rings. The molecule has 0 bridgehead atoms. The van der Waals surface area contributed by atoms with E-state index in [4.69, 9.17) is 11.6 Å². The van der Waals surface area contributed by atoms with Crippen molar-refractivity contribution in [3.05, 3.63) is 82.9 Å². The van der Waals surface area contributed by atoms with Crippen LogP contribution in [-0.4, -0.2) is 61.0 Å². The van der Waals surface area contributed by atoms with Gasteiger partial charge in [-0.3, -0.25) is 9.59 Å². The molecule has 1 unspecified atom stereocenters. The standard InChI is InChI=1S/C32H41ClN4O2/c1-4-23(24-8-6-5-7-9-24)21-37-17-15-29(36-30(32(37)39)14-16-34-22(2)3)20-35-31(38)27-11-10-26-19-28(33)13-12-25(26)18-27/h5-13,18-19,22-23,29-30,34,36H,4,14-17,20-21H2,1-3H3,(H,35,38)/t23?,29-,30-/m0/s1. The van der Waals surface area contributed by atoms with E-state index in [0.717, 1.165) is 30.2 Å². The largest absolute Gasteiger partial charge is 0.350 e. The summed E-state index contributed by atoms with van der Waals surface area (Å²) in [5.74, 6) is 0.329. The third-order valence-electron chi connectivity index (χ3n) is 7.56. The number of benzene rings is 3. The Labute approximate surface area is 237 Å². The summed E-state index contributed by atoms with van der Waals surface area (Å²) < 4.78 is 0. The van der Waals surface area contributed by atoms with E-state index in [1.807, 2.05) is 47.4 Å². The fraction of sp³-hybridized carbons (Fsp3) is 0.438. The number of hydrogen-bond donors (Lipinski definition) is 3. The van der Waals surface area contributed by atoms with Crippen molar-refractivity contribution in [2.45, 2.75) is 64.1 Å². The number of carbonyl (C=O) groups is 2. The van der Waals surface area contributed by atoms with Crippen LogP contribution in [0.4, 0.5) is 0 Å². The molecular formula is C32H41ClN4O2. The van der Waals surface area contributed by atoms with E-state index in [9.17, 15) is 9.59 Å². The van der Waals surface area contributed by atoms with E-state index in [1.165, 1.54) is 5.56 Å². The van der Waals surface area contributed by atoms with Crippen LogP contribution in [0.5, 0.6) is 0 Å². The second-order valence-corrected chi connectivity index (χ2v) is 11.3. The Balaban J connectivity index is 1.43. The van der Waals surface area contributed by atoms with Gasteiger partial charge in [0.2, 0.25) is 5.91 Å². The van der Waals surface area contributed by atoms with Crippen molar-refractivity contribution in [1.29, 1.82) is 0 Å². The molecule has 0 radical (unpaired) electrons. The van der Waals surface area contributed by atoms with Gasteiger partial charge in [0.15, 0.2) is 0 Å². The van der Waals surface area contributed by atoms with Crippen LogP contribution in [0.25, 0.3) is 10.8 Å². The van der Waals surface area contributed by atoms with Crippen molar-refractivity contribution in [3.63, 3.8) is 0 Å². The van der Waals surface area contributed by atoms with Gasteiger partial charge in [-0.2, -0.15) is 0 Å². The number of nitrogens with one attached hydrogen (secondary N) is 3. The number of nitrogens with zero attached hydrogens (tertiary/aromatic N) is 1. The minimum absolute atomic E-state index is 0.00279. The first-order valence-electron chi connectivity index (χ1n) is 14.1. The highest BCUT2D eigenvalue weighted by Gasteiger charge is 2.32. The zero-order chi connectivity index (χ0) is 27.8. The Hall–Kier alpha value is -2.93. The summed E-state index contributed by atoms with van der Waals surface area (Å²) in [5, 5.41) is 12.8. The van der Waals surface area contributed by atoms with E-state index < -0.39 is 0 Å². The van der Waals surface area contributed by atoms with Crippen molar-refractivity contribution < 1.29 is 9.59 Å². The molecule has 1 aliphatic heterocycles. The summed E-state index contributed by atoms with van der Waals surface area (Å²) >= 11 is 6.10. The van der Waals surface area contributed by atoms with E-state index in [0.29, 0.717) is 48.6 Å². The van der Waals surface area contributed by atoms with Gasteiger partial charge < -0.3 is 20.9 Å². The summed E-state index contributed by atoms with van der Waals surface area (Å²) in [4.78, 5) is 28.8. The number of halogens is 1. The van der Waals surface area contributed by atoms with Crippen molar-refractivity contribution in [2.75, 3.05) is 26.2 Å². The third-order valence-corrected chi connectivity index (χ3v) is 7.79. The van der Waals surface area contributed by atoms with Crippen LogP contribution >= 0.6 is 11.6 Å². The number of amides is 2. The van der Waals surface area contributed by atoms with E-state index in [2.05, 4.69) is 61.0 Å². The average Bonchev–Trinajstić information content (AvgIpc) is 3.08. The van der Waals surface area contributed by atoms with Crippen LogP contribution in [0.1, 0.15) is 61.9 Å². The van der Waals surface area contributed by atoms with Gasteiger partial charge in [0.25, 0.3) is 5.91 Å². The van der Waals surface area contributed by atoms with E-state index >= 15 is 0 Å². The molecule has 0 spiro atoms. The van der Waals surface area contributed by atoms with E-state index in [-0.39, 0.29) is 23.9 Å². The Morgan fingerprint density at radius 1 is 1.08 bits per heavy atom. The van der Waals surface area contributed by atoms with Gasteiger partial charge in [-0.15, -0.1) is 0 Å². The molecule has 2 amide bonds. The third kappa shape index (κ3) is 8.04. The lowest BCUT2D eigenvalue weighted by molar-refractivity contribution is -0.133. The SMILES string of the molecule is CCC(CN1CC[C@@H](CNC(=O)c2ccc3cc(Cl)ccc3c2)N[C@@H](CCNC(C)C)C1=O)c1ccccc1. The normalized spacial score (nSPS) is 18.8. The Morgan fingerprint density at radius 2 is 1.82 bits per heavy atom. The molecule has 3 aromatic rings. The van der Waals surface area contributed by atoms with Crippen LogP contribution in [0.15, 0.2) is 66.7 Å². The average molecular weight is 549 g/mol. The lowest BCUT2D eigenvalue weighted by atomic mass is 9.95. The summed E-state index contributed by atoms with van der Waals surface area (Å²) in [6.07, 6.45) is 2.45. The molecule has 1 heterocycles. The highest BCUT2D eigenvalue weighted by Crippen LogP contribution is 2.23. The zero-order valence-electron chi connectivity index (χ0n) is 23.3. The predicted octanol–water partition coefficient (Wildman–Crippen LogP) is 5.36. The molecule has 4 rings (SSSR count). The minimum atomic E-state index is -0.292. The first kappa shape index (κ1) is 29.1. The monoisotopic (exact) mass is 548 g/mol. The number of hydrogen-bond acceptors (Lipinski definition) is 4. The topological polar surface area (TPSA) is 73.5 Å². The molecule has 1 fully saturated rings. The second-order valence-electron chi connectivity index (χ2n) is 10.8. The summed E-state index contributed by atoms with van der Waals surface area (Å²) in [5.41, 5.74) is 1.88. The number of fused-ring (bicyclic) bond motifs is 1. The lowest BCUT2D eigenvalue weighted by Crippen LogP contribution is -2.50. The van der Waals surface area contributed by atoms with Crippen LogP contribution in [-0.2, 0) is 4.79 Å². The maximum Gasteiger partial charge on any atom is 0.251 e. The molecule has 0 saturated carbocycles. The highest BCUT2D eigenvalue weighted by atomic mass is 35.5. The maximum atomic E-state index is 13.7. The molecule has 3 N–H and O–H groups in total. The molecule has 7 heteroatoms. The molecule has 39 heavy (non-hydrogen) atoms. The molecule has 6 nitrogen and oxygen atoms in total. The van der Waals surface area contributed by atoms with Crippen LogP contribution in [0.3, 0.4) is 0 Å². The smallest absolute Gasteiger partial charge is 0.251 e. The lowest BCUT2D eigenvalue weighted by Gasteiger charge is -2.29. The maximum absolute atomic E-state index is 13.7. The highest BCUT2D eigenvalue weighted by molar-refractivity contribution is 6.31. The number of rotatable bonds is 11. The molecule has 0 aliphatic carbocycles. The Kier molecular flexibility index (Phi) is 10.4. The molecule has 208 valence electrons. The predicted molar refractivity (Wildman–Crippen MR) is 160 cm³/mol. The first-order chi connectivity index (χ1) is 18.8. The zero-order valence-corrected chi connectivity index (χ0v) is 24.0. The van der Waals surface area contributed by atoms with Gasteiger partial charge in [-0.25, -0.2) is 0 Å². The fourth-order valence-corrected chi connectivity index (χ4v) is 5.46. The van der Waals surface area contributed by atoms with Gasteiger partial charge in [-0.05, 0) is 66.4 Å². The molecule has 3 aromatic carbocycles. The van der Waals surface area contributed by atoms with Crippen LogP contribution < -0.4 is 16.0 Å². The summed E-state index contributed by atoms with van der Waals surface area (Å²) in [7, 11) is 0. The molecule has 0 aromatic heterocycles. The van der Waals surface area contributed by atoms with Crippen LogP contribution in [0, 0.1) is 0 Å². The van der Waals surface area contributed by atoms with Crippen molar-refractivity contribution >= 4 is 34.2 Å². The number of carbonyl (C=O) groups excluding carboxylic acids is 2. The quantitative estimate of drug-likeness (QED) is 0.301. The Bertz CT molecular complexity index is 1250. The fourth-order valence-electron chi connectivity index (χ4n) is 5.28. The molecule has 3 atom stereocenters. The molecule has 1 saturated heterocycles. The summed E-state index contributed by atoms with van der Waals surface area (Å²) in [6, 6.07) is 21.8.